The molecule has 2 fully saturated rings. The van der Waals surface area contributed by atoms with Crippen molar-refractivity contribution in [2.75, 3.05) is 45.6 Å². The van der Waals surface area contributed by atoms with E-state index in [-0.39, 0.29) is 29.3 Å². The number of halogens is 5. The number of likely N-dealkylation sites (tertiary alicyclic amines) is 1. The molecule has 1 aromatic heterocycles. The van der Waals surface area contributed by atoms with Gasteiger partial charge in [0.25, 0.3) is 0 Å². The third-order valence-corrected chi connectivity index (χ3v) is 10.3. The smallest absolute Gasteiger partial charge is 0.416 e. The van der Waals surface area contributed by atoms with E-state index in [1.54, 1.807) is 24.3 Å². The van der Waals surface area contributed by atoms with E-state index in [1.165, 1.54) is 31.1 Å². The van der Waals surface area contributed by atoms with Gasteiger partial charge in [-0.2, -0.15) is 13.2 Å². The van der Waals surface area contributed by atoms with Crippen molar-refractivity contribution in [1.82, 2.24) is 15.2 Å². The number of methoxy groups -OCH3 is 1. The number of nitrogens with one attached hydrogen (secondary N) is 1. The number of nitrogens with zero attached hydrogens (tertiary/aromatic N) is 2. The van der Waals surface area contributed by atoms with Crippen molar-refractivity contribution in [3.63, 3.8) is 0 Å². The van der Waals surface area contributed by atoms with Crippen molar-refractivity contribution in [2.24, 2.45) is 11.3 Å². The molecular weight excluding hydrogens is 674 g/mol. The molecule has 5 rings (SSSR count). The predicted octanol–water partition coefficient (Wildman–Crippen LogP) is 7.74. The number of piperidine rings is 2. The van der Waals surface area contributed by atoms with Gasteiger partial charge in [0.05, 0.1) is 34.5 Å². The number of aromatic nitrogens is 1. The van der Waals surface area contributed by atoms with Crippen LogP contribution in [0.2, 0.25) is 5.02 Å². The zero-order chi connectivity index (χ0) is 34.9. The Hall–Kier alpha value is -3.13. The molecule has 3 heterocycles. The summed E-state index contributed by atoms with van der Waals surface area (Å²) < 4.78 is 59.7. The summed E-state index contributed by atoms with van der Waals surface area (Å²) in [4.78, 5) is 29.5. The van der Waals surface area contributed by atoms with Crippen LogP contribution >= 0.6 is 23.4 Å². The number of carbonyl (C=O) groups is 2. The van der Waals surface area contributed by atoms with E-state index in [0.717, 1.165) is 38.1 Å². The summed E-state index contributed by atoms with van der Waals surface area (Å²) in [5, 5.41) is 22.4. The summed E-state index contributed by atoms with van der Waals surface area (Å²) in [5.74, 6) is -0.561. The average Bonchev–Trinajstić information content (AvgIpc) is 3.08. The molecule has 8 nitrogen and oxygen atoms in total. The standard InChI is InChI=1S/C28H29ClF4N2O3S.C6H11NO2/c1-38-19-5-6-24-21(16-19)25(22(29)17-34-24)23(30)7-8-27(26(36)37)9-11-35(12-10-27)13-14-39-20-4-2-3-18(15-20)28(31,32)33;8-6(9)5-1-3-7-4-2-5/h2-6,15-17,23H,7-14H2,1H3,(H,36,37);5,7H,1-4H2,(H,8,9). The number of thioether (sulfide) groups is 1. The Morgan fingerprint density at radius 2 is 1.85 bits per heavy atom. The van der Waals surface area contributed by atoms with Gasteiger partial charge in [-0.25, -0.2) is 4.39 Å². The van der Waals surface area contributed by atoms with Crippen LogP contribution in [0.1, 0.15) is 55.8 Å². The Bertz CT molecular complexity index is 1550. The van der Waals surface area contributed by atoms with E-state index in [0.29, 0.717) is 59.8 Å². The highest BCUT2D eigenvalue weighted by molar-refractivity contribution is 7.99. The van der Waals surface area contributed by atoms with E-state index in [2.05, 4.69) is 15.2 Å². The maximum Gasteiger partial charge on any atom is 0.416 e. The number of hydrogen-bond acceptors (Lipinski definition) is 7. The highest BCUT2D eigenvalue weighted by Gasteiger charge is 2.42. The van der Waals surface area contributed by atoms with Crippen LogP contribution < -0.4 is 10.1 Å². The van der Waals surface area contributed by atoms with Gasteiger partial charge in [0.2, 0.25) is 0 Å². The number of rotatable bonds is 11. The third kappa shape index (κ3) is 9.96. The number of alkyl halides is 4. The van der Waals surface area contributed by atoms with Crippen LogP contribution in [0, 0.1) is 11.3 Å². The number of carboxylic acids is 2. The molecule has 0 amide bonds. The van der Waals surface area contributed by atoms with Gasteiger partial charge in [-0.05, 0) is 101 Å². The maximum atomic E-state index is 15.6. The van der Waals surface area contributed by atoms with Gasteiger partial charge in [-0.1, -0.05) is 17.7 Å². The fourth-order valence-corrected chi connectivity index (χ4v) is 7.30. The molecule has 0 saturated carbocycles. The van der Waals surface area contributed by atoms with Crippen LogP contribution in [0.3, 0.4) is 0 Å². The molecule has 0 bridgehead atoms. The maximum absolute atomic E-state index is 15.6. The fraction of sp³-hybridized carbons (Fsp3) is 0.500. The second-order valence-electron chi connectivity index (χ2n) is 12.1. The zero-order valence-electron chi connectivity index (χ0n) is 26.6. The molecule has 2 saturated heterocycles. The first-order valence-corrected chi connectivity index (χ1v) is 17.1. The molecule has 262 valence electrons. The van der Waals surface area contributed by atoms with Crippen LogP contribution in [-0.2, 0) is 15.8 Å². The Morgan fingerprint density at radius 1 is 1.15 bits per heavy atom. The van der Waals surface area contributed by atoms with Crippen LogP contribution in [0.5, 0.6) is 5.75 Å². The summed E-state index contributed by atoms with van der Waals surface area (Å²) in [5.41, 5.74) is -0.877. The third-order valence-electron chi connectivity index (χ3n) is 9.05. The molecule has 3 N–H and O–H groups in total. The Morgan fingerprint density at radius 3 is 2.46 bits per heavy atom. The van der Waals surface area contributed by atoms with E-state index in [1.807, 2.05) is 0 Å². The lowest BCUT2D eigenvalue weighted by atomic mass is 9.74. The average molecular weight is 714 g/mol. The van der Waals surface area contributed by atoms with Crippen molar-refractivity contribution in [2.45, 2.75) is 55.8 Å². The topological polar surface area (TPSA) is 112 Å². The summed E-state index contributed by atoms with van der Waals surface area (Å²) in [6, 6.07) is 10.4. The molecule has 2 aromatic carbocycles. The number of carboxylic acid groups (broad SMARTS) is 2. The Balaban J connectivity index is 0.000000500. The minimum Gasteiger partial charge on any atom is -0.497 e. The normalized spacial score (nSPS) is 17.7. The number of benzene rings is 2. The SMILES string of the molecule is COc1ccc2ncc(Cl)c(C(F)CCC3(C(=O)O)CCN(CCSc4cccc(C(F)(F)F)c4)CC3)c2c1.O=C(O)C1CCNCC1. The summed E-state index contributed by atoms with van der Waals surface area (Å²) >= 11 is 7.66. The first kappa shape index (κ1) is 37.7. The summed E-state index contributed by atoms with van der Waals surface area (Å²) in [6.07, 6.45) is -2.01. The summed E-state index contributed by atoms with van der Waals surface area (Å²) in [7, 11) is 1.51. The minimum absolute atomic E-state index is 0.00621. The lowest BCUT2D eigenvalue weighted by Crippen LogP contribution is -2.45. The lowest BCUT2D eigenvalue weighted by Gasteiger charge is -2.39. The minimum atomic E-state index is -4.38. The van der Waals surface area contributed by atoms with E-state index >= 15 is 4.39 Å². The largest absolute Gasteiger partial charge is 0.497 e. The number of hydrogen-bond donors (Lipinski definition) is 3. The van der Waals surface area contributed by atoms with Crippen LogP contribution in [0.25, 0.3) is 10.9 Å². The summed E-state index contributed by atoms with van der Waals surface area (Å²) in [6.45, 7) is 3.36. The number of aliphatic carboxylic acids is 2. The van der Waals surface area contributed by atoms with Crippen LogP contribution in [0.15, 0.2) is 53.6 Å². The lowest BCUT2D eigenvalue weighted by molar-refractivity contribution is -0.153. The van der Waals surface area contributed by atoms with Crippen molar-refractivity contribution in [3.8, 4) is 5.75 Å². The van der Waals surface area contributed by atoms with Gasteiger partial charge in [0.1, 0.15) is 11.9 Å². The highest BCUT2D eigenvalue weighted by atomic mass is 35.5. The van der Waals surface area contributed by atoms with Gasteiger partial charge in [0.15, 0.2) is 0 Å². The Kier molecular flexibility index (Phi) is 13.3. The molecular formula is C34H40ClF4N3O5S. The molecule has 14 heteroatoms. The van der Waals surface area contributed by atoms with E-state index in [9.17, 15) is 27.9 Å². The molecule has 48 heavy (non-hydrogen) atoms. The fourth-order valence-electron chi connectivity index (χ4n) is 6.06. The van der Waals surface area contributed by atoms with Gasteiger partial charge in [0, 0.05) is 34.3 Å². The second-order valence-corrected chi connectivity index (χ2v) is 13.6. The van der Waals surface area contributed by atoms with Crippen molar-refractivity contribution >= 4 is 46.2 Å². The van der Waals surface area contributed by atoms with E-state index < -0.39 is 35.3 Å². The number of pyridine rings is 1. The molecule has 3 aromatic rings. The molecule has 2 aliphatic heterocycles. The first-order valence-electron chi connectivity index (χ1n) is 15.8. The number of fused-ring (bicyclic) bond motifs is 1. The second kappa shape index (κ2) is 17.0. The first-order chi connectivity index (χ1) is 22.8. The van der Waals surface area contributed by atoms with Gasteiger partial charge in [-0.15, -0.1) is 11.8 Å². The van der Waals surface area contributed by atoms with Crippen molar-refractivity contribution in [1.29, 1.82) is 0 Å². The molecule has 2 aliphatic rings. The van der Waals surface area contributed by atoms with Crippen LogP contribution in [-0.4, -0.2) is 77.6 Å². The zero-order valence-corrected chi connectivity index (χ0v) is 28.1. The van der Waals surface area contributed by atoms with Crippen LogP contribution in [0.4, 0.5) is 17.6 Å². The molecule has 0 radical (unpaired) electrons. The van der Waals surface area contributed by atoms with Crippen molar-refractivity contribution in [3.05, 3.63) is 64.8 Å². The van der Waals surface area contributed by atoms with Crippen molar-refractivity contribution < 1.29 is 42.1 Å². The molecule has 1 atom stereocenters. The van der Waals surface area contributed by atoms with Gasteiger partial charge < -0.3 is 25.2 Å². The molecule has 0 aliphatic carbocycles. The Labute approximate surface area is 286 Å². The molecule has 1 unspecified atom stereocenters. The van der Waals surface area contributed by atoms with E-state index in [4.69, 9.17) is 21.4 Å². The van der Waals surface area contributed by atoms with Gasteiger partial charge >= 0.3 is 18.1 Å². The van der Waals surface area contributed by atoms with Gasteiger partial charge in [-0.3, -0.25) is 14.6 Å². The number of ether oxygens (including phenoxy) is 1. The predicted molar refractivity (Wildman–Crippen MR) is 178 cm³/mol. The monoisotopic (exact) mass is 713 g/mol. The quantitative estimate of drug-likeness (QED) is 0.136. The molecule has 0 spiro atoms. The highest BCUT2D eigenvalue weighted by Crippen LogP contribution is 2.42.